The van der Waals surface area contributed by atoms with Gasteiger partial charge in [0.15, 0.2) is 5.78 Å². The van der Waals surface area contributed by atoms with Gasteiger partial charge >= 0.3 is 0 Å². The normalized spacial score (nSPS) is 11.4. The van der Waals surface area contributed by atoms with E-state index in [1.165, 1.54) is 0 Å². The van der Waals surface area contributed by atoms with Crippen molar-refractivity contribution in [2.75, 3.05) is 7.11 Å². The van der Waals surface area contributed by atoms with Crippen molar-refractivity contribution in [1.29, 1.82) is 0 Å². The van der Waals surface area contributed by atoms with Crippen molar-refractivity contribution in [3.05, 3.63) is 12.7 Å². The SMILES string of the molecule is C=CCCCCCC(=O)C(C)(C)OC. The van der Waals surface area contributed by atoms with Crippen LogP contribution in [0.3, 0.4) is 0 Å². The van der Waals surface area contributed by atoms with Gasteiger partial charge in [0.05, 0.1) is 0 Å². The average Bonchev–Trinajstić information content (AvgIpc) is 2.17. The highest BCUT2D eigenvalue weighted by atomic mass is 16.5. The maximum absolute atomic E-state index is 11.6. The van der Waals surface area contributed by atoms with Gasteiger partial charge in [0, 0.05) is 13.5 Å². The molecule has 14 heavy (non-hydrogen) atoms. The third-order valence-electron chi connectivity index (χ3n) is 2.49. The summed E-state index contributed by atoms with van der Waals surface area (Å²) in [5.74, 6) is 0.193. The van der Waals surface area contributed by atoms with E-state index in [-0.39, 0.29) is 5.78 Å². The molecule has 0 spiro atoms. The number of allylic oxidation sites excluding steroid dienone is 1. The van der Waals surface area contributed by atoms with Crippen LogP contribution in [0.1, 0.15) is 46.0 Å². The number of ether oxygens (including phenoxy) is 1. The van der Waals surface area contributed by atoms with Crippen molar-refractivity contribution >= 4 is 5.78 Å². The standard InChI is InChI=1S/C12H22O2/c1-5-6-7-8-9-10-11(13)12(2,3)14-4/h5H,1,6-10H2,2-4H3. The largest absolute Gasteiger partial charge is 0.371 e. The van der Waals surface area contributed by atoms with Crippen LogP contribution in [-0.4, -0.2) is 18.5 Å². The lowest BCUT2D eigenvalue weighted by Crippen LogP contribution is -2.33. The van der Waals surface area contributed by atoms with Crippen LogP contribution in [0.25, 0.3) is 0 Å². The Kier molecular flexibility index (Phi) is 6.46. The van der Waals surface area contributed by atoms with Crippen LogP contribution in [0.15, 0.2) is 12.7 Å². The minimum absolute atomic E-state index is 0.193. The smallest absolute Gasteiger partial charge is 0.164 e. The van der Waals surface area contributed by atoms with Gasteiger partial charge in [-0.05, 0) is 33.1 Å². The van der Waals surface area contributed by atoms with E-state index in [0.29, 0.717) is 6.42 Å². The van der Waals surface area contributed by atoms with E-state index < -0.39 is 5.60 Å². The number of rotatable bonds is 8. The Morgan fingerprint density at radius 1 is 1.36 bits per heavy atom. The lowest BCUT2D eigenvalue weighted by molar-refractivity contribution is -0.137. The molecular weight excluding hydrogens is 176 g/mol. The zero-order chi connectivity index (χ0) is 11.0. The molecule has 0 radical (unpaired) electrons. The molecule has 0 saturated carbocycles. The van der Waals surface area contributed by atoms with Crippen LogP contribution in [0, 0.1) is 0 Å². The second kappa shape index (κ2) is 6.77. The van der Waals surface area contributed by atoms with Crippen molar-refractivity contribution in [2.45, 2.75) is 51.6 Å². The molecule has 0 saturated heterocycles. The first-order chi connectivity index (χ1) is 6.54. The molecule has 2 nitrogen and oxygen atoms in total. The van der Waals surface area contributed by atoms with Gasteiger partial charge in [-0.15, -0.1) is 6.58 Å². The molecule has 0 fully saturated rings. The molecule has 82 valence electrons. The summed E-state index contributed by atoms with van der Waals surface area (Å²) in [5.41, 5.74) is -0.613. The van der Waals surface area contributed by atoms with Crippen LogP contribution in [0.4, 0.5) is 0 Å². The Morgan fingerprint density at radius 3 is 2.50 bits per heavy atom. The monoisotopic (exact) mass is 198 g/mol. The van der Waals surface area contributed by atoms with E-state index in [4.69, 9.17) is 4.74 Å². The fourth-order valence-electron chi connectivity index (χ4n) is 1.17. The fraction of sp³-hybridized carbons (Fsp3) is 0.750. The highest BCUT2D eigenvalue weighted by molar-refractivity contribution is 5.86. The van der Waals surface area contributed by atoms with Crippen molar-refractivity contribution in [3.8, 4) is 0 Å². The molecule has 0 aromatic rings. The molecule has 0 aromatic carbocycles. The molecule has 0 amide bonds. The molecule has 0 rings (SSSR count). The highest BCUT2D eigenvalue weighted by Crippen LogP contribution is 2.14. The van der Waals surface area contributed by atoms with Gasteiger partial charge in [-0.2, -0.15) is 0 Å². The summed E-state index contributed by atoms with van der Waals surface area (Å²) in [6.45, 7) is 7.30. The summed E-state index contributed by atoms with van der Waals surface area (Å²) in [7, 11) is 1.58. The van der Waals surface area contributed by atoms with Crippen LogP contribution >= 0.6 is 0 Å². The van der Waals surface area contributed by atoms with Crippen molar-refractivity contribution in [2.24, 2.45) is 0 Å². The Labute approximate surface area is 87.3 Å². The van der Waals surface area contributed by atoms with E-state index in [1.807, 2.05) is 19.9 Å². The van der Waals surface area contributed by atoms with E-state index in [1.54, 1.807) is 7.11 Å². The lowest BCUT2D eigenvalue weighted by Gasteiger charge is -2.20. The number of unbranched alkanes of at least 4 members (excludes halogenated alkanes) is 3. The Balaban J connectivity index is 3.59. The summed E-state index contributed by atoms with van der Waals surface area (Å²) in [5, 5.41) is 0. The summed E-state index contributed by atoms with van der Waals surface area (Å²) in [6.07, 6.45) is 6.77. The zero-order valence-corrected chi connectivity index (χ0v) is 9.64. The van der Waals surface area contributed by atoms with E-state index in [2.05, 4.69) is 6.58 Å². The summed E-state index contributed by atoms with van der Waals surface area (Å²) in [6, 6.07) is 0. The van der Waals surface area contributed by atoms with Gasteiger partial charge in [0.2, 0.25) is 0 Å². The number of carbonyl (C=O) groups excluding carboxylic acids is 1. The van der Waals surface area contributed by atoms with Gasteiger partial charge in [0.1, 0.15) is 5.60 Å². The first-order valence-electron chi connectivity index (χ1n) is 5.24. The lowest BCUT2D eigenvalue weighted by atomic mass is 9.98. The Hall–Kier alpha value is -0.630. The molecule has 0 aliphatic rings. The van der Waals surface area contributed by atoms with Crippen molar-refractivity contribution in [1.82, 2.24) is 0 Å². The molecule has 0 unspecified atom stereocenters. The van der Waals surface area contributed by atoms with Gasteiger partial charge in [-0.3, -0.25) is 4.79 Å². The predicted octanol–water partition coefficient (Wildman–Crippen LogP) is 3.12. The van der Waals surface area contributed by atoms with Crippen molar-refractivity contribution in [3.63, 3.8) is 0 Å². The number of methoxy groups -OCH3 is 1. The molecule has 0 aliphatic heterocycles. The first-order valence-corrected chi connectivity index (χ1v) is 5.24. The minimum Gasteiger partial charge on any atom is -0.371 e. The fourth-order valence-corrected chi connectivity index (χ4v) is 1.17. The Morgan fingerprint density at radius 2 is 2.00 bits per heavy atom. The second-order valence-electron chi connectivity index (χ2n) is 4.03. The van der Waals surface area contributed by atoms with Gasteiger partial charge in [-0.25, -0.2) is 0 Å². The molecular formula is C12H22O2. The molecule has 0 bridgehead atoms. The van der Waals surface area contributed by atoms with Gasteiger partial charge in [0.25, 0.3) is 0 Å². The maximum Gasteiger partial charge on any atom is 0.164 e. The highest BCUT2D eigenvalue weighted by Gasteiger charge is 2.25. The molecule has 0 atom stereocenters. The number of hydrogen-bond donors (Lipinski definition) is 0. The Bertz CT molecular complexity index is 183. The number of hydrogen-bond acceptors (Lipinski definition) is 2. The predicted molar refractivity (Wildman–Crippen MR) is 59.4 cm³/mol. The zero-order valence-electron chi connectivity index (χ0n) is 9.64. The first kappa shape index (κ1) is 13.4. The number of ketones is 1. The quantitative estimate of drug-likeness (QED) is 0.442. The van der Waals surface area contributed by atoms with E-state index in [9.17, 15) is 4.79 Å². The molecule has 2 heteroatoms. The number of Topliss-reactive ketones (excluding diaryl/α,β-unsaturated/α-hetero) is 1. The van der Waals surface area contributed by atoms with Crippen molar-refractivity contribution < 1.29 is 9.53 Å². The molecule has 0 aromatic heterocycles. The van der Waals surface area contributed by atoms with Gasteiger partial charge < -0.3 is 4.74 Å². The minimum atomic E-state index is -0.613. The molecule has 0 N–H and O–H groups in total. The van der Waals surface area contributed by atoms with E-state index >= 15 is 0 Å². The van der Waals surface area contributed by atoms with Crippen LogP contribution in [0.5, 0.6) is 0 Å². The summed E-state index contributed by atoms with van der Waals surface area (Å²) >= 11 is 0. The van der Waals surface area contributed by atoms with Crippen LogP contribution in [-0.2, 0) is 9.53 Å². The third-order valence-corrected chi connectivity index (χ3v) is 2.49. The summed E-state index contributed by atoms with van der Waals surface area (Å²) < 4.78 is 5.11. The average molecular weight is 198 g/mol. The van der Waals surface area contributed by atoms with Crippen LogP contribution < -0.4 is 0 Å². The maximum atomic E-state index is 11.6. The van der Waals surface area contributed by atoms with E-state index in [0.717, 1.165) is 25.7 Å². The van der Waals surface area contributed by atoms with Gasteiger partial charge in [-0.1, -0.05) is 12.5 Å². The molecule has 0 aliphatic carbocycles. The molecule has 0 heterocycles. The van der Waals surface area contributed by atoms with Crippen LogP contribution in [0.2, 0.25) is 0 Å². The second-order valence-corrected chi connectivity index (χ2v) is 4.03. The number of carbonyl (C=O) groups is 1. The summed E-state index contributed by atoms with van der Waals surface area (Å²) in [4.78, 5) is 11.6. The topological polar surface area (TPSA) is 26.3 Å². The third kappa shape index (κ3) is 5.18.